The molecule has 4 rings (SSSR count). The maximum absolute atomic E-state index is 12.7. The topological polar surface area (TPSA) is 93.3 Å². The summed E-state index contributed by atoms with van der Waals surface area (Å²) in [6.07, 6.45) is -0.586. The lowest BCUT2D eigenvalue weighted by Crippen LogP contribution is -2.32. The molecule has 7 heteroatoms. The van der Waals surface area contributed by atoms with Gasteiger partial charge in [-0.3, -0.25) is 4.79 Å². The van der Waals surface area contributed by atoms with Gasteiger partial charge in [0.1, 0.15) is 11.6 Å². The van der Waals surface area contributed by atoms with E-state index in [2.05, 4.69) is 15.3 Å². The van der Waals surface area contributed by atoms with Gasteiger partial charge in [0.2, 0.25) is 0 Å². The molecule has 1 unspecified atom stereocenters. The predicted octanol–water partition coefficient (Wildman–Crippen LogP) is 4.81. The Hall–Kier alpha value is -4.13. The van der Waals surface area contributed by atoms with Crippen molar-refractivity contribution in [2.75, 3.05) is 12.4 Å². The fourth-order valence-corrected chi connectivity index (χ4v) is 3.31. The minimum Gasteiger partial charge on any atom is -0.497 e. The Morgan fingerprint density at radius 2 is 1.84 bits per heavy atom. The molecular formula is C25H23N3O4. The lowest BCUT2D eigenvalue weighted by atomic mass is 10.2. The Labute approximate surface area is 185 Å². The van der Waals surface area contributed by atoms with Crippen molar-refractivity contribution in [1.29, 1.82) is 0 Å². The van der Waals surface area contributed by atoms with Crippen LogP contribution >= 0.6 is 0 Å². The van der Waals surface area contributed by atoms with E-state index in [9.17, 15) is 9.59 Å². The number of anilines is 1. The molecule has 0 saturated heterocycles. The molecule has 7 nitrogen and oxygen atoms in total. The van der Waals surface area contributed by atoms with Gasteiger partial charge in [-0.25, -0.2) is 9.78 Å². The standard InChI is InChI=1S/C25H23N3O4/c1-3-22(24(29)26-18-10-7-11-19(15-18)31-2)32-25(30)17-12-13-20-21(14-17)28-23(27-20)16-8-5-4-6-9-16/h4-15,22H,3H2,1-2H3,(H,26,29)(H,27,28). The minimum atomic E-state index is -0.925. The predicted molar refractivity (Wildman–Crippen MR) is 123 cm³/mol. The first kappa shape index (κ1) is 21.1. The molecule has 1 amide bonds. The summed E-state index contributed by atoms with van der Waals surface area (Å²) in [5.41, 5.74) is 3.31. The first-order valence-electron chi connectivity index (χ1n) is 10.3. The summed E-state index contributed by atoms with van der Waals surface area (Å²) < 4.78 is 10.7. The van der Waals surface area contributed by atoms with Gasteiger partial charge in [0.25, 0.3) is 5.91 Å². The summed E-state index contributed by atoms with van der Waals surface area (Å²) in [6.45, 7) is 1.79. The zero-order valence-corrected chi connectivity index (χ0v) is 17.8. The molecule has 0 fully saturated rings. The van der Waals surface area contributed by atoms with Gasteiger partial charge < -0.3 is 19.8 Å². The van der Waals surface area contributed by atoms with Gasteiger partial charge in [-0.15, -0.1) is 0 Å². The number of hydrogen-bond acceptors (Lipinski definition) is 5. The van der Waals surface area contributed by atoms with E-state index in [0.717, 1.165) is 16.9 Å². The van der Waals surface area contributed by atoms with E-state index in [1.165, 1.54) is 0 Å². The van der Waals surface area contributed by atoms with Crippen LogP contribution in [-0.4, -0.2) is 35.1 Å². The molecule has 32 heavy (non-hydrogen) atoms. The fourth-order valence-electron chi connectivity index (χ4n) is 3.31. The van der Waals surface area contributed by atoms with Crippen molar-refractivity contribution in [3.05, 3.63) is 78.4 Å². The Bertz CT molecular complexity index is 1250. The largest absolute Gasteiger partial charge is 0.497 e. The van der Waals surface area contributed by atoms with Crippen LogP contribution in [0.2, 0.25) is 0 Å². The first-order chi connectivity index (χ1) is 15.6. The molecule has 3 aromatic carbocycles. The molecule has 4 aromatic rings. The van der Waals surface area contributed by atoms with Crippen LogP contribution in [0.15, 0.2) is 72.8 Å². The highest BCUT2D eigenvalue weighted by Crippen LogP contribution is 2.22. The Morgan fingerprint density at radius 1 is 1.03 bits per heavy atom. The maximum atomic E-state index is 12.7. The minimum absolute atomic E-state index is 0.339. The monoisotopic (exact) mass is 429 g/mol. The number of nitrogens with zero attached hydrogens (tertiary/aromatic N) is 1. The molecule has 2 N–H and O–H groups in total. The van der Waals surface area contributed by atoms with Gasteiger partial charge in [0, 0.05) is 17.3 Å². The summed E-state index contributed by atoms with van der Waals surface area (Å²) in [4.78, 5) is 33.2. The summed E-state index contributed by atoms with van der Waals surface area (Å²) in [6, 6.07) is 21.8. The zero-order valence-electron chi connectivity index (χ0n) is 17.8. The SMILES string of the molecule is CCC(OC(=O)c1ccc2nc(-c3ccccc3)[nH]c2c1)C(=O)Nc1cccc(OC)c1. The lowest BCUT2D eigenvalue weighted by molar-refractivity contribution is -0.124. The molecule has 0 radical (unpaired) electrons. The lowest BCUT2D eigenvalue weighted by Gasteiger charge is -2.16. The third-order valence-corrected chi connectivity index (χ3v) is 5.01. The second-order valence-electron chi connectivity index (χ2n) is 7.21. The number of carbonyl (C=O) groups excluding carboxylic acids is 2. The number of aromatic nitrogens is 2. The van der Waals surface area contributed by atoms with Crippen molar-refractivity contribution in [3.63, 3.8) is 0 Å². The highest BCUT2D eigenvalue weighted by atomic mass is 16.5. The number of aromatic amines is 1. The summed E-state index contributed by atoms with van der Waals surface area (Å²) in [7, 11) is 1.55. The normalized spacial score (nSPS) is 11.7. The molecule has 1 atom stereocenters. The number of ether oxygens (including phenoxy) is 2. The highest BCUT2D eigenvalue weighted by Gasteiger charge is 2.22. The van der Waals surface area contributed by atoms with Gasteiger partial charge >= 0.3 is 5.97 Å². The van der Waals surface area contributed by atoms with Crippen LogP contribution in [0.4, 0.5) is 5.69 Å². The zero-order chi connectivity index (χ0) is 22.5. The van der Waals surface area contributed by atoms with Crippen LogP contribution in [0.5, 0.6) is 5.75 Å². The van der Waals surface area contributed by atoms with Crippen LogP contribution < -0.4 is 10.1 Å². The number of esters is 1. The number of nitrogens with one attached hydrogen (secondary N) is 2. The van der Waals surface area contributed by atoms with Crippen molar-refractivity contribution < 1.29 is 19.1 Å². The van der Waals surface area contributed by atoms with Crippen LogP contribution in [-0.2, 0) is 9.53 Å². The number of fused-ring (bicyclic) bond motifs is 1. The number of rotatable bonds is 7. The van der Waals surface area contributed by atoms with E-state index in [-0.39, 0.29) is 0 Å². The molecule has 1 aromatic heterocycles. The fraction of sp³-hybridized carbons (Fsp3) is 0.160. The quantitative estimate of drug-likeness (QED) is 0.411. The molecule has 0 spiro atoms. The van der Waals surface area contributed by atoms with Gasteiger partial charge in [0.05, 0.1) is 23.7 Å². The maximum Gasteiger partial charge on any atom is 0.338 e. The Kier molecular flexibility index (Phi) is 6.17. The van der Waals surface area contributed by atoms with E-state index in [1.54, 1.807) is 56.5 Å². The third-order valence-electron chi connectivity index (χ3n) is 5.01. The van der Waals surface area contributed by atoms with Crippen molar-refractivity contribution in [2.24, 2.45) is 0 Å². The summed E-state index contributed by atoms with van der Waals surface area (Å²) >= 11 is 0. The molecule has 1 heterocycles. The first-order valence-corrected chi connectivity index (χ1v) is 10.3. The average Bonchev–Trinajstić information content (AvgIpc) is 3.26. The van der Waals surface area contributed by atoms with Crippen LogP contribution in [0.3, 0.4) is 0 Å². The molecule has 0 aliphatic heterocycles. The van der Waals surface area contributed by atoms with Crippen molar-refractivity contribution in [3.8, 4) is 17.1 Å². The van der Waals surface area contributed by atoms with E-state index in [0.29, 0.717) is 28.9 Å². The number of hydrogen-bond donors (Lipinski definition) is 2. The highest BCUT2D eigenvalue weighted by molar-refractivity contribution is 5.99. The smallest absolute Gasteiger partial charge is 0.338 e. The number of imidazole rings is 1. The molecular weight excluding hydrogens is 406 g/mol. The van der Waals surface area contributed by atoms with E-state index >= 15 is 0 Å². The van der Waals surface area contributed by atoms with Crippen molar-refractivity contribution in [1.82, 2.24) is 9.97 Å². The van der Waals surface area contributed by atoms with Gasteiger partial charge in [-0.05, 0) is 36.8 Å². The van der Waals surface area contributed by atoms with Gasteiger partial charge in [-0.2, -0.15) is 0 Å². The summed E-state index contributed by atoms with van der Waals surface area (Å²) in [5, 5.41) is 2.76. The van der Waals surface area contributed by atoms with Crippen molar-refractivity contribution >= 4 is 28.6 Å². The van der Waals surface area contributed by atoms with Gasteiger partial charge in [-0.1, -0.05) is 43.3 Å². The number of carbonyl (C=O) groups is 2. The second kappa shape index (κ2) is 9.34. The van der Waals surface area contributed by atoms with Crippen LogP contribution in [0.25, 0.3) is 22.4 Å². The molecule has 0 saturated carbocycles. The Balaban J connectivity index is 1.48. The number of H-pyrrole nitrogens is 1. The number of methoxy groups -OCH3 is 1. The molecule has 0 aliphatic carbocycles. The number of benzene rings is 3. The van der Waals surface area contributed by atoms with Crippen molar-refractivity contribution in [2.45, 2.75) is 19.4 Å². The third kappa shape index (κ3) is 4.62. The molecule has 162 valence electrons. The van der Waals surface area contributed by atoms with E-state index < -0.39 is 18.0 Å². The van der Waals surface area contributed by atoms with Gasteiger partial charge in [0.15, 0.2) is 6.10 Å². The second-order valence-corrected chi connectivity index (χ2v) is 7.21. The van der Waals surface area contributed by atoms with E-state index in [1.807, 2.05) is 30.3 Å². The summed E-state index contributed by atoms with van der Waals surface area (Å²) in [5.74, 6) is 0.365. The van der Waals surface area contributed by atoms with Crippen LogP contribution in [0.1, 0.15) is 23.7 Å². The van der Waals surface area contributed by atoms with E-state index in [4.69, 9.17) is 9.47 Å². The average molecular weight is 429 g/mol. The number of amides is 1. The molecule has 0 bridgehead atoms. The molecule has 0 aliphatic rings. The van der Waals surface area contributed by atoms with Crippen LogP contribution in [0, 0.1) is 0 Å². The Morgan fingerprint density at radius 3 is 2.59 bits per heavy atom.